The Hall–Kier alpha value is -2.63. The molecule has 1 heterocycles. The van der Waals surface area contributed by atoms with Gasteiger partial charge in [0.15, 0.2) is 6.10 Å². The van der Waals surface area contributed by atoms with Gasteiger partial charge < -0.3 is 15.2 Å². The number of carbonyl (C=O) groups excluding carboxylic acids is 1. The van der Waals surface area contributed by atoms with E-state index in [0.29, 0.717) is 12.3 Å². The molecule has 3 aromatic rings. The van der Waals surface area contributed by atoms with Gasteiger partial charge in [-0.15, -0.1) is 11.3 Å². The fourth-order valence-electron chi connectivity index (χ4n) is 2.51. The van der Waals surface area contributed by atoms with Gasteiger partial charge in [-0.05, 0) is 36.8 Å². The molecule has 134 valence electrons. The van der Waals surface area contributed by atoms with Crippen LogP contribution in [0.5, 0.6) is 5.75 Å². The molecule has 0 saturated heterocycles. The van der Waals surface area contributed by atoms with Crippen LogP contribution in [-0.4, -0.2) is 17.1 Å². The zero-order valence-corrected chi connectivity index (χ0v) is 15.3. The van der Waals surface area contributed by atoms with E-state index in [1.807, 2.05) is 72.8 Å². The second-order valence-corrected chi connectivity index (χ2v) is 7.11. The van der Waals surface area contributed by atoms with Crippen LogP contribution >= 0.6 is 11.3 Å². The van der Waals surface area contributed by atoms with Gasteiger partial charge >= 0.3 is 0 Å². The van der Waals surface area contributed by atoms with E-state index < -0.39 is 12.2 Å². The minimum Gasteiger partial charge on any atom is -0.481 e. The Bertz CT molecular complexity index is 833. The highest BCUT2D eigenvalue weighted by molar-refractivity contribution is 7.12. The van der Waals surface area contributed by atoms with Gasteiger partial charge in [-0.3, -0.25) is 4.79 Å². The molecule has 2 aromatic carbocycles. The maximum atomic E-state index is 12.2. The summed E-state index contributed by atoms with van der Waals surface area (Å²) in [5.41, 5.74) is 0.856. The molecular weight excluding hydrogens is 346 g/mol. The van der Waals surface area contributed by atoms with Crippen molar-refractivity contribution in [1.82, 2.24) is 5.32 Å². The molecule has 0 spiro atoms. The van der Waals surface area contributed by atoms with Crippen LogP contribution in [0.4, 0.5) is 0 Å². The van der Waals surface area contributed by atoms with Crippen LogP contribution in [0.3, 0.4) is 0 Å². The van der Waals surface area contributed by atoms with Gasteiger partial charge in [0.2, 0.25) is 0 Å². The summed E-state index contributed by atoms with van der Waals surface area (Å²) in [7, 11) is 0. The normalized spacial score (nSPS) is 13.0. The first-order valence-corrected chi connectivity index (χ1v) is 9.26. The Morgan fingerprint density at radius 3 is 2.38 bits per heavy atom. The Morgan fingerprint density at radius 2 is 1.69 bits per heavy atom. The number of hydrogen-bond acceptors (Lipinski definition) is 4. The number of amides is 1. The van der Waals surface area contributed by atoms with Crippen molar-refractivity contribution in [3.63, 3.8) is 0 Å². The Labute approximate surface area is 157 Å². The number of para-hydroxylation sites is 1. The lowest BCUT2D eigenvalue weighted by molar-refractivity contribution is -0.127. The van der Waals surface area contributed by atoms with Crippen LogP contribution < -0.4 is 10.1 Å². The molecule has 0 fully saturated rings. The number of rotatable bonds is 7. The summed E-state index contributed by atoms with van der Waals surface area (Å²) < 4.78 is 5.62. The summed E-state index contributed by atoms with van der Waals surface area (Å²) in [5.74, 6) is 0.493. The van der Waals surface area contributed by atoms with Gasteiger partial charge in [-0.1, -0.05) is 48.5 Å². The Morgan fingerprint density at radius 1 is 1.04 bits per heavy atom. The predicted molar refractivity (Wildman–Crippen MR) is 103 cm³/mol. The summed E-state index contributed by atoms with van der Waals surface area (Å²) in [5, 5.41) is 13.3. The molecule has 2 N–H and O–H groups in total. The average molecular weight is 367 g/mol. The van der Waals surface area contributed by atoms with Gasteiger partial charge in [-0.25, -0.2) is 0 Å². The number of aliphatic hydroxyl groups is 1. The van der Waals surface area contributed by atoms with Crippen molar-refractivity contribution in [3.05, 3.63) is 88.1 Å². The van der Waals surface area contributed by atoms with Crippen molar-refractivity contribution in [3.8, 4) is 5.75 Å². The van der Waals surface area contributed by atoms with E-state index in [0.717, 1.165) is 15.3 Å². The molecule has 26 heavy (non-hydrogen) atoms. The molecule has 0 unspecified atom stereocenters. The highest BCUT2D eigenvalue weighted by Gasteiger charge is 2.16. The summed E-state index contributed by atoms with van der Waals surface area (Å²) in [6.45, 7) is 2.13. The number of benzene rings is 2. The lowest BCUT2D eigenvalue weighted by Crippen LogP contribution is -2.35. The van der Waals surface area contributed by atoms with Gasteiger partial charge in [0.1, 0.15) is 11.9 Å². The molecule has 1 aromatic heterocycles. The van der Waals surface area contributed by atoms with Crippen molar-refractivity contribution in [2.24, 2.45) is 0 Å². The summed E-state index contributed by atoms with van der Waals surface area (Å²) in [6, 6.07) is 22.6. The van der Waals surface area contributed by atoms with Crippen molar-refractivity contribution in [1.29, 1.82) is 0 Å². The van der Waals surface area contributed by atoms with Crippen molar-refractivity contribution >= 4 is 17.2 Å². The standard InChI is InChI=1S/C21H21NO3S/c1-15(25-17-10-6-3-7-11-17)21(24)22-14-18-12-13-19(26-18)20(23)16-8-4-2-5-9-16/h2-13,15,20,23H,14H2,1H3,(H,22,24)/t15-,20-/m0/s1. The highest BCUT2D eigenvalue weighted by atomic mass is 32.1. The molecule has 2 atom stereocenters. The number of nitrogens with one attached hydrogen (secondary N) is 1. The van der Waals surface area contributed by atoms with Crippen LogP contribution in [-0.2, 0) is 11.3 Å². The first-order valence-electron chi connectivity index (χ1n) is 8.44. The maximum Gasteiger partial charge on any atom is 0.261 e. The second kappa shape index (κ2) is 8.65. The van der Waals surface area contributed by atoms with Gasteiger partial charge in [0.25, 0.3) is 5.91 Å². The Kier molecular flexibility index (Phi) is 6.04. The third kappa shape index (κ3) is 4.71. The third-order valence-electron chi connectivity index (χ3n) is 3.93. The fraction of sp³-hybridized carbons (Fsp3) is 0.190. The van der Waals surface area contributed by atoms with E-state index in [1.165, 1.54) is 11.3 Å². The van der Waals surface area contributed by atoms with Crippen LogP contribution in [0.2, 0.25) is 0 Å². The van der Waals surface area contributed by atoms with Gasteiger partial charge in [0.05, 0.1) is 6.54 Å². The van der Waals surface area contributed by atoms with Crippen LogP contribution in [0, 0.1) is 0 Å². The minimum atomic E-state index is -0.647. The third-order valence-corrected chi connectivity index (χ3v) is 5.07. The topological polar surface area (TPSA) is 58.6 Å². The molecular formula is C21H21NO3S. The summed E-state index contributed by atoms with van der Waals surface area (Å²) in [6.07, 6.45) is -1.22. The van der Waals surface area contributed by atoms with Crippen LogP contribution in [0.25, 0.3) is 0 Å². The van der Waals surface area contributed by atoms with Crippen LogP contribution in [0.15, 0.2) is 72.8 Å². The number of aliphatic hydroxyl groups excluding tert-OH is 1. The largest absolute Gasteiger partial charge is 0.481 e. The van der Waals surface area contributed by atoms with E-state index in [-0.39, 0.29) is 5.91 Å². The predicted octanol–water partition coefficient (Wildman–Crippen LogP) is 3.91. The van der Waals surface area contributed by atoms with Crippen molar-refractivity contribution < 1.29 is 14.6 Å². The SMILES string of the molecule is C[C@H](Oc1ccccc1)C(=O)NCc1ccc([C@@H](O)c2ccccc2)s1. The number of carbonyl (C=O) groups is 1. The van der Waals surface area contributed by atoms with E-state index in [2.05, 4.69) is 5.32 Å². The molecule has 0 aliphatic rings. The number of ether oxygens (including phenoxy) is 1. The smallest absolute Gasteiger partial charge is 0.261 e. The number of thiophene rings is 1. The fourth-order valence-corrected chi connectivity index (χ4v) is 3.48. The first kappa shape index (κ1) is 18.2. The Balaban J connectivity index is 1.53. The second-order valence-electron chi connectivity index (χ2n) is 5.91. The molecule has 0 bridgehead atoms. The zero-order valence-electron chi connectivity index (χ0n) is 14.5. The van der Waals surface area contributed by atoms with Crippen molar-refractivity contribution in [2.45, 2.75) is 25.7 Å². The van der Waals surface area contributed by atoms with E-state index in [4.69, 9.17) is 4.74 Å². The molecule has 0 aliphatic heterocycles. The molecule has 0 saturated carbocycles. The van der Waals surface area contributed by atoms with Gasteiger partial charge in [-0.2, -0.15) is 0 Å². The van der Waals surface area contributed by atoms with E-state index in [1.54, 1.807) is 6.92 Å². The van der Waals surface area contributed by atoms with Gasteiger partial charge in [0, 0.05) is 9.75 Å². The number of hydrogen-bond donors (Lipinski definition) is 2. The summed E-state index contributed by atoms with van der Waals surface area (Å²) >= 11 is 1.49. The highest BCUT2D eigenvalue weighted by Crippen LogP contribution is 2.28. The molecule has 5 heteroatoms. The van der Waals surface area contributed by atoms with E-state index >= 15 is 0 Å². The minimum absolute atomic E-state index is 0.174. The molecule has 4 nitrogen and oxygen atoms in total. The monoisotopic (exact) mass is 367 g/mol. The van der Waals surface area contributed by atoms with Crippen LogP contribution in [0.1, 0.15) is 28.3 Å². The molecule has 0 aliphatic carbocycles. The van der Waals surface area contributed by atoms with Crippen molar-refractivity contribution in [2.75, 3.05) is 0 Å². The van der Waals surface area contributed by atoms with E-state index in [9.17, 15) is 9.90 Å². The average Bonchev–Trinajstić information content (AvgIpc) is 3.16. The zero-order chi connectivity index (χ0) is 18.4. The summed E-state index contributed by atoms with van der Waals surface area (Å²) in [4.78, 5) is 14.0. The quantitative estimate of drug-likeness (QED) is 0.666. The molecule has 3 rings (SSSR count). The first-order chi connectivity index (χ1) is 12.6. The lowest BCUT2D eigenvalue weighted by atomic mass is 10.1. The maximum absolute atomic E-state index is 12.2. The molecule has 1 amide bonds. The lowest BCUT2D eigenvalue weighted by Gasteiger charge is -2.14. The molecule has 0 radical (unpaired) electrons.